The SMILES string of the molecule is COc1ccc(NC(=O)CN(C)[C@@H]2CCCc3ccccc32)cc1OC. The van der Waals surface area contributed by atoms with Gasteiger partial charge in [-0.15, -0.1) is 0 Å². The van der Waals surface area contributed by atoms with Crippen LogP contribution in [-0.4, -0.2) is 38.6 Å². The molecular weight excluding hydrogens is 328 g/mol. The van der Waals surface area contributed by atoms with Crippen LogP contribution in [0.2, 0.25) is 0 Å². The van der Waals surface area contributed by atoms with Crippen molar-refractivity contribution in [2.75, 3.05) is 33.1 Å². The minimum absolute atomic E-state index is 0.0391. The number of nitrogens with one attached hydrogen (secondary N) is 1. The molecule has 1 aliphatic rings. The van der Waals surface area contributed by atoms with E-state index in [1.54, 1.807) is 26.4 Å². The summed E-state index contributed by atoms with van der Waals surface area (Å²) < 4.78 is 10.5. The topological polar surface area (TPSA) is 50.8 Å². The molecule has 0 saturated carbocycles. The molecule has 1 aliphatic carbocycles. The summed E-state index contributed by atoms with van der Waals surface area (Å²) in [6, 6.07) is 14.2. The van der Waals surface area contributed by atoms with Crippen molar-refractivity contribution in [1.82, 2.24) is 4.90 Å². The quantitative estimate of drug-likeness (QED) is 0.860. The Balaban J connectivity index is 1.65. The lowest BCUT2D eigenvalue weighted by Gasteiger charge is -2.32. The molecule has 0 aliphatic heterocycles. The predicted octanol–water partition coefficient (Wildman–Crippen LogP) is 3.65. The number of hydrogen-bond donors (Lipinski definition) is 1. The van der Waals surface area contributed by atoms with Gasteiger partial charge in [0.25, 0.3) is 0 Å². The van der Waals surface area contributed by atoms with Crippen molar-refractivity contribution in [2.45, 2.75) is 25.3 Å². The van der Waals surface area contributed by atoms with Crippen LogP contribution in [0.15, 0.2) is 42.5 Å². The number of carbonyl (C=O) groups is 1. The number of aryl methyl sites for hydroxylation is 1. The first-order valence-corrected chi connectivity index (χ1v) is 8.92. The van der Waals surface area contributed by atoms with Crippen LogP contribution < -0.4 is 14.8 Å². The van der Waals surface area contributed by atoms with E-state index in [0.717, 1.165) is 19.3 Å². The third-order valence-corrected chi connectivity index (χ3v) is 4.93. The molecule has 5 nitrogen and oxygen atoms in total. The van der Waals surface area contributed by atoms with E-state index in [1.165, 1.54) is 11.1 Å². The average molecular weight is 354 g/mol. The Morgan fingerprint density at radius 2 is 1.92 bits per heavy atom. The standard InChI is InChI=1S/C21H26N2O3/c1-23(18-10-6-8-15-7-4-5-9-17(15)18)14-21(24)22-16-11-12-19(25-2)20(13-16)26-3/h4-5,7,9,11-13,18H,6,8,10,14H2,1-3H3,(H,22,24)/t18-/m1/s1. The number of methoxy groups -OCH3 is 2. The number of likely N-dealkylation sites (N-methyl/N-ethyl adjacent to an activating group) is 1. The molecule has 2 aromatic rings. The molecule has 138 valence electrons. The zero-order chi connectivity index (χ0) is 18.5. The Morgan fingerprint density at radius 1 is 1.15 bits per heavy atom. The zero-order valence-corrected chi connectivity index (χ0v) is 15.6. The van der Waals surface area contributed by atoms with Crippen molar-refractivity contribution in [3.05, 3.63) is 53.6 Å². The molecular formula is C21H26N2O3. The zero-order valence-electron chi connectivity index (χ0n) is 15.6. The molecule has 0 aromatic heterocycles. The summed E-state index contributed by atoms with van der Waals surface area (Å²) in [5, 5.41) is 2.95. The highest BCUT2D eigenvalue weighted by atomic mass is 16.5. The number of ether oxygens (including phenoxy) is 2. The molecule has 0 fully saturated rings. The van der Waals surface area contributed by atoms with Gasteiger partial charge in [-0.3, -0.25) is 9.69 Å². The largest absolute Gasteiger partial charge is 0.493 e. The van der Waals surface area contributed by atoms with Crippen molar-refractivity contribution in [2.24, 2.45) is 0 Å². The molecule has 0 saturated heterocycles. The van der Waals surface area contributed by atoms with Gasteiger partial charge < -0.3 is 14.8 Å². The van der Waals surface area contributed by atoms with Crippen LogP contribution in [0.25, 0.3) is 0 Å². The van der Waals surface area contributed by atoms with Gasteiger partial charge in [-0.1, -0.05) is 24.3 Å². The normalized spacial score (nSPS) is 16.1. The number of hydrogen-bond acceptors (Lipinski definition) is 4. The highest BCUT2D eigenvalue weighted by Gasteiger charge is 2.24. The summed E-state index contributed by atoms with van der Waals surface area (Å²) in [6.07, 6.45) is 3.36. The van der Waals surface area contributed by atoms with Crippen LogP contribution in [-0.2, 0) is 11.2 Å². The van der Waals surface area contributed by atoms with E-state index in [0.29, 0.717) is 23.7 Å². The highest BCUT2D eigenvalue weighted by Crippen LogP contribution is 2.33. The lowest BCUT2D eigenvalue weighted by molar-refractivity contribution is -0.117. The molecule has 3 rings (SSSR count). The van der Waals surface area contributed by atoms with Crippen LogP contribution in [0.5, 0.6) is 11.5 Å². The van der Waals surface area contributed by atoms with Crippen molar-refractivity contribution in [1.29, 1.82) is 0 Å². The Bertz CT molecular complexity index is 776. The van der Waals surface area contributed by atoms with E-state index < -0.39 is 0 Å². The van der Waals surface area contributed by atoms with Gasteiger partial charge in [0.15, 0.2) is 11.5 Å². The number of carbonyl (C=O) groups excluding carboxylic acids is 1. The van der Waals surface area contributed by atoms with Gasteiger partial charge in [0.05, 0.1) is 20.8 Å². The van der Waals surface area contributed by atoms with Crippen LogP contribution in [0.1, 0.15) is 30.0 Å². The average Bonchev–Trinajstić information content (AvgIpc) is 2.67. The van der Waals surface area contributed by atoms with Gasteiger partial charge in [0.1, 0.15) is 0 Å². The first kappa shape index (κ1) is 18.3. The summed E-state index contributed by atoms with van der Waals surface area (Å²) in [7, 11) is 5.19. The smallest absolute Gasteiger partial charge is 0.238 e. The number of nitrogens with zero attached hydrogens (tertiary/aromatic N) is 1. The molecule has 1 amide bonds. The fraction of sp³-hybridized carbons (Fsp3) is 0.381. The fourth-order valence-electron chi connectivity index (χ4n) is 3.64. The van der Waals surface area contributed by atoms with Crippen LogP contribution in [0.3, 0.4) is 0 Å². The molecule has 0 radical (unpaired) electrons. The summed E-state index contributed by atoms with van der Waals surface area (Å²) in [5.74, 6) is 1.20. The minimum atomic E-state index is -0.0391. The summed E-state index contributed by atoms with van der Waals surface area (Å²) in [6.45, 7) is 0.341. The first-order valence-electron chi connectivity index (χ1n) is 8.92. The molecule has 0 unspecified atom stereocenters. The highest BCUT2D eigenvalue weighted by molar-refractivity contribution is 5.92. The lowest BCUT2D eigenvalue weighted by Crippen LogP contribution is -2.34. The van der Waals surface area contributed by atoms with E-state index in [9.17, 15) is 4.79 Å². The van der Waals surface area contributed by atoms with E-state index >= 15 is 0 Å². The van der Waals surface area contributed by atoms with Gasteiger partial charge in [-0.25, -0.2) is 0 Å². The maximum atomic E-state index is 12.5. The van der Waals surface area contributed by atoms with E-state index in [2.05, 4.69) is 34.5 Å². The Morgan fingerprint density at radius 3 is 2.69 bits per heavy atom. The lowest BCUT2D eigenvalue weighted by atomic mass is 9.87. The molecule has 1 N–H and O–H groups in total. The fourth-order valence-corrected chi connectivity index (χ4v) is 3.64. The Kier molecular flexibility index (Phi) is 5.78. The van der Waals surface area contributed by atoms with Gasteiger partial charge in [-0.2, -0.15) is 0 Å². The molecule has 1 atom stereocenters. The van der Waals surface area contributed by atoms with E-state index in [1.807, 2.05) is 13.1 Å². The maximum Gasteiger partial charge on any atom is 0.238 e. The number of anilines is 1. The molecule has 0 bridgehead atoms. The molecule has 2 aromatic carbocycles. The van der Waals surface area contributed by atoms with Crippen LogP contribution in [0, 0.1) is 0 Å². The molecule has 5 heteroatoms. The second-order valence-electron chi connectivity index (χ2n) is 6.64. The number of amides is 1. The summed E-state index contributed by atoms with van der Waals surface area (Å²) in [5.41, 5.74) is 3.45. The third kappa shape index (κ3) is 3.99. The van der Waals surface area contributed by atoms with Crippen LogP contribution >= 0.6 is 0 Å². The van der Waals surface area contributed by atoms with Crippen molar-refractivity contribution >= 4 is 11.6 Å². The minimum Gasteiger partial charge on any atom is -0.493 e. The molecule has 0 heterocycles. The van der Waals surface area contributed by atoms with E-state index in [4.69, 9.17) is 9.47 Å². The maximum absolute atomic E-state index is 12.5. The van der Waals surface area contributed by atoms with Crippen LogP contribution in [0.4, 0.5) is 5.69 Å². The first-order chi connectivity index (χ1) is 12.6. The van der Waals surface area contributed by atoms with Gasteiger partial charge >= 0.3 is 0 Å². The number of benzene rings is 2. The second-order valence-corrected chi connectivity index (χ2v) is 6.64. The van der Waals surface area contributed by atoms with Gasteiger partial charge in [-0.05, 0) is 49.6 Å². The van der Waals surface area contributed by atoms with Gasteiger partial charge in [0.2, 0.25) is 5.91 Å². The Labute approximate surface area is 154 Å². The molecule has 26 heavy (non-hydrogen) atoms. The summed E-state index contributed by atoms with van der Waals surface area (Å²) in [4.78, 5) is 14.6. The summed E-state index contributed by atoms with van der Waals surface area (Å²) >= 11 is 0. The third-order valence-electron chi connectivity index (χ3n) is 4.93. The monoisotopic (exact) mass is 354 g/mol. The van der Waals surface area contributed by atoms with E-state index in [-0.39, 0.29) is 11.9 Å². The van der Waals surface area contributed by atoms with Crippen molar-refractivity contribution in [3.63, 3.8) is 0 Å². The van der Waals surface area contributed by atoms with Crippen molar-refractivity contribution < 1.29 is 14.3 Å². The van der Waals surface area contributed by atoms with Crippen molar-refractivity contribution in [3.8, 4) is 11.5 Å². The Hall–Kier alpha value is -2.53. The second kappa shape index (κ2) is 8.23. The number of fused-ring (bicyclic) bond motifs is 1. The number of rotatable bonds is 6. The molecule has 0 spiro atoms. The van der Waals surface area contributed by atoms with Gasteiger partial charge in [0, 0.05) is 17.8 Å². The predicted molar refractivity (Wildman–Crippen MR) is 103 cm³/mol.